The summed E-state index contributed by atoms with van der Waals surface area (Å²) < 4.78 is 6.01. The van der Waals surface area contributed by atoms with Crippen molar-refractivity contribution in [3.8, 4) is 11.5 Å². The maximum Gasteiger partial charge on any atom is 0.271 e. The van der Waals surface area contributed by atoms with Gasteiger partial charge in [0.25, 0.3) is 5.91 Å². The molecule has 0 radical (unpaired) electrons. The van der Waals surface area contributed by atoms with E-state index in [0.717, 1.165) is 14.9 Å². The zero-order valence-corrected chi connectivity index (χ0v) is 14.3. The van der Waals surface area contributed by atoms with Gasteiger partial charge in [0, 0.05) is 11.1 Å². The second-order valence-corrected chi connectivity index (χ2v) is 5.70. The van der Waals surface area contributed by atoms with Gasteiger partial charge in [0.2, 0.25) is 0 Å². The third-order valence-corrected chi connectivity index (χ3v) is 3.85. The standard InChI is InChI=1S/C16H15IN2O3/c1-10(11-4-3-5-13(20)8-11)18-19-16(21)12-6-7-15(22-2)14(17)9-12/h3-9,20H,1-2H3,(H,19,21)/b18-10-. The van der Waals surface area contributed by atoms with Crippen LogP contribution in [0.1, 0.15) is 22.8 Å². The van der Waals surface area contributed by atoms with Gasteiger partial charge >= 0.3 is 0 Å². The molecule has 0 saturated heterocycles. The summed E-state index contributed by atoms with van der Waals surface area (Å²) >= 11 is 2.11. The number of aromatic hydroxyl groups is 1. The van der Waals surface area contributed by atoms with Crippen LogP contribution in [0.4, 0.5) is 0 Å². The van der Waals surface area contributed by atoms with E-state index in [-0.39, 0.29) is 11.7 Å². The molecule has 0 aliphatic rings. The number of amides is 1. The van der Waals surface area contributed by atoms with Gasteiger partial charge in [-0.25, -0.2) is 5.43 Å². The molecule has 2 aromatic rings. The van der Waals surface area contributed by atoms with E-state index in [1.165, 1.54) is 0 Å². The van der Waals surface area contributed by atoms with Gasteiger partial charge in [-0.15, -0.1) is 0 Å². The van der Waals surface area contributed by atoms with Crippen molar-refractivity contribution in [3.05, 3.63) is 57.2 Å². The summed E-state index contributed by atoms with van der Waals surface area (Å²) in [5.74, 6) is 0.569. The van der Waals surface area contributed by atoms with E-state index < -0.39 is 0 Å². The Morgan fingerprint density at radius 1 is 1.23 bits per heavy atom. The maximum absolute atomic E-state index is 12.1. The van der Waals surface area contributed by atoms with Crippen molar-refractivity contribution in [2.75, 3.05) is 7.11 Å². The minimum absolute atomic E-state index is 0.156. The van der Waals surface area contributed by atoms with Gasteiger partial charge in [-0.3, -0.25) is 4.79 Å². The van der Waals surface area contributed by atoms with Crippen LogP contribution >= 0.6 is 22.6 Å². The van der Waals surface area contributed by atoms with Crippen molar-refractivity contribution in [2.45, 2.75) is 6.92 Å². The summed E-state index contributed by atoms with van der Waals surface area (Å²) in [5.41, 5.74) is 4.35. The Morgan fingerprint density at radius 2 is 2.00 bits per heavy atom. The van der Waals surface area contributed by atoms with Crippen molar-refractivity contribution >= 4 is 34.2 Å². The molecule has 0 aliphatic heterocycles. The summed E-state index contributed by atoms with van der Waals surface area (Å²) in [7, 11) is 1.58. The Morgan fingerprint density at radius 3 is 2.64 bits per heavy atom. The molecule has 22 heavy (non-hydrogen) atoms. The van der Waals surface area contributed by atoms with Crippen LogP contribution in [-0.2, 0) is 0 Å². The molecule has 0 heterocycles. The Kier molecular flexibility index (Phi) is 5.37. The first-order valence-electron chi connectivity index (χ1n) is 6.49. The number of methoxy groups -OCH3 is 1. The molecule has 114 valence electrons. The molecular formula is C16H15IN2O3. The lowest BCUT2D eigenvalue weighted by Gasteiger charge is -2.06. The number of benzene rings is 2. The van der Waals surface area contributed by atoms with Crippen molar-refractivity contribution in [2.24, 2.45) is 5.10 Å². The van der Waals surface area contributed by atoms with Crippen molar-refractivity contribution < 1.29 is 14.6 Å². The molecule has 5 nitrogen and oxygen atoms in total. The van der Waals surface area contributed by atoms with Gasteiger partial charge in [0.05, 0.1) is 16.4 Å². The lowest BCUT2D eigenvalue weighted by Crippen LogP contribution is -2.19. The first-order chi connectivity index (χ1) is 10.5. The molecule has 0 aliphatic carbocycles. The number of carbonyl (C=O) groups excluding carboxylic acids is 1. The molecule has 0 unspecified atom stereocenters. The van der Waals surface area contributed by atoms with E-state index in [2.05, 4.69) is 33.1 Å². The smallest absolute Gasteiger partial charge is 0.271 e. The van der Waals surface area contributed by atoms with Crippen LogP contribution in [-0.4, -0.2) is 23.8 Å². The molecule has 0 atom stereocenters. The molecule has 1 amide bonds. The van der Waals surface area contributed by atoms with Gasteiger partial charge in [0.1, 0.15) is 11.5 Å². The van der Waals surface area contributed by atoms with Crippen LogP contribution in [0.25, 0.3) is 0 Å². The number of nitrogens with one attached hydrogen (secondary N) is 1. The molecular weight excluding hydrogens is 395 g/mol. The van der Waals surface area contributed by atoms with Crippen molar-refractivity contribution in [1.82, 2.24) is 5.43 Å². The predicted molar refractivity (Wildman–Crippen MR) is 93.5 cm³/mol. The number of hydrogen-bond acceptors (Lipinski definition) is 4. The molecule has 0 fully saturated rings. The highest BCUT2D eigenvalue weighted by atomic mass is 127. The number of carbonyl (C=O) groups is 1. The van der Waals surface area contributed by atoms with Gasteiger partial charge in [-0.2, -0.15) is 5.10 Å². The van der Waals surface area contributed by atoms with Gasteiger partial charge in [-0.1, -0.05) is 12.1 Å². The average molecular weight is 410 g/mol. The number of hydrazone groups is 1. The lowest BCUT2D eigenvalue weighted by molar-refractivity contribution is 0.0954. The molecule has 2 rings (SSSR count). The average Bonchev–Trinajstić information content (AvgIpc) is 2.52. The van der Waals surface area contributed by atoms with Crippen LogP contribution in [0.2, 0.25) is 0 Å². The Balaban J connectivity index is 2.12. The normalized spacial score (nSPS) is 11.1. The van der Waals surface area contributed by atoms with E-state index in [4.69, 9.17) is 4.74 Å². The topological polar surface area (TPSA) is 70.9 Å². The molecule has 0 bridgehead atoms. The number of hydrogen-bond donors (Lipinski definition) is 2. The van der Waals surface area contributed by atoms with Gasteiger partial charge in [-0.05, 0) is 59.8 Å². The maximum atomic E-state index is 12.1. The second-order valence-electron chi connectivity index (χ2n) is 4.54. The summed E-state index contributed by atoms with van der Waals surface area (Å²) in [4.78, 5) is 12.1. The second kappa shape index (κ2) is 7.26. The van der Waals surface area contributed by atoms with E-state index in [0.29, 0.717) is 11.3 Å². The van der Waals surface area contributed by atoms with E-state index in [1.54, 1.807) is 56.5 Å². The fourth-order valence-electron chi connectivity index (χ4n) is 1.80. The number of nitrogens with zero attached hydrogens (tertiary/aromatic N) is 1. The van der Waals surface area contributed by atoms with Gasteiger partial charge < -0.3 is 9.84 Å². The number of rotatable bonds is 4. The highest BCUT2D eigenvalue weighted by Crippen LogP contribution is 2.21. The SMILES string of the molecule is COc1ccc(C(=O)N/N=C(/C)c2cccc(O)c2)cc1I. The minimum atomic E-state index is -0.305. The third kappa shape index (κ3) is 3.97. The molecule has 0 saturated carbocycles. The fraction of sp³-hybridized carbons (Fsp3) is 0.125. The Labute approximate surface area is 142 Å². The van der Waals surface area contributed by atoms with Crippen molar-refractivity contribution in [3.63, 3.8) is 0 Å². The molecule has 0 aromatic heterocycles. The summed E-state index contributed by atoms with van der Waals surface area (Å²) in [6, 6.07) is 11.8. The monoisotopic (exact) mass is 410 g/mol. The minimum Gasteiger partial charge on any atom is -0.508 e. The van der Waals surface area contributed by atoms with Gasteiger partial charge in [0.15, 0.2) is 0 Å². The summed E-state index contributed by atoms with van der Waals surface area (Å²) in [6.07, 6.45) is 0. The highest BCUT2D eigenvalue weighted by molar-refractivity contribution is 14.1. The zero-order chi connectivity index (χ0) is 16.1. The largest absolute Gasteiger partial charge is 0.508 e. The molecule has 0 spiro atoms. The molecule has 2 N–H and O–H groups in total. The zero-order valence-electron chi connectivity index (χ0n) is 12.1. The van der Waals surface area contributed by atoms with E-state index in [9.17, 15) is 9.90 Å². The molecule has 2 aromatic carbocycles. The van der Waals surface area contributed by atoms with Crippen LogP contribution in [0.15, 0.2) is 47.6 Å². The Bertz CT molecular complexity index is 729. The number of ether oxygens (including phenoxy) is 1. The predicted octanol–water partition coefficient (Wildman–Crippen LogP) is 3.16. The molecule has 6 heteroatoms. The Hall–Kier alpha value is -2.09. The number of phenolic OH excluding ortho intramolecular Hbond substituents is 1. The third-order valence-electron chi connectivity index (χ3n) is 3.00. The van der Waals surface area contributed by atoms with E-state index >= 15 is 0 Å². The van der Waals surface area contributed by atoms with E-state index in [1.807, 2.05) is 0 Å². The quantitative estimate of drug-likeness (QED) is 0.462. The van der Waals surface area contributed by atoms with Crippen LogP contribution < -0.4 is 10.2 Å². The first-order valence-corrected chi connectivity index (χ1v) is 7.56. The lowest BCUT2D eigenvalue weighted by atomic mass is 10.1. The van der Waals surface area contributed by atoms with Crippen LogP contribution in [0, 0.1) is 3.57 Å². The fourth-order valence-corrected chi connectivity index (χ4v) is 2.54. The number of halogens is 1. The summed E-state index contributed by atoms with van der Waals surface area (Å²) in [5, 5.41) is 13.5. The van der Waals surface area contributed by atoms with Crippen LogP contribution in [0.5, 0.6) is 11.5 Å². The van der Waals surface area contributed by atoms with Crippen molar-refractivity contribution in [1.29, 1.82) is 0 Å². The van der Waals surface area contributed by atoms with Crippen LogP contribution in [0.3, 0.4) is 0 Å². The summed E-state index contributed by atoms with van der Waals surface area (Å²) in [6.45, 7) is 1.76. The highest BCUT2D eigenvalue weighted by Gasteiger charge is 2.08. The number of phenols is 1. The first kappa shape index (κ1) is 16.3.